The lowest BCUT2D eigenvalue weighted by atomic mass is 9.99. The third-order valence-corrected chi connectivity index (χ3v) is 4.19. The smallest absolute Gasteiger partial charge is 0.0406 e. The van der Waals surface area contributed by atoms with Gasteiger partial charge < -0.3 is 5.32 Å². The van der Waals surface area contributed by atoms with Crippen molar-refractivity contribution in [3.63, 3.8) is 0 Å². The van der Waals surface area contributed by atoms with Gasteiger partial charge in [-0.05, 0) is 42.5 Å². The summed E-state index contributed by atoms with van der Waals surface area (Å²) < 4.78 is 0. The van der Waals surface area contributed by atoms with Crippen molar-refractivity contribution in [2.24, 2.45) is 0 Å². The predicted molar refractivity (Wildman–Crippen MR) is 91.8 cm³/mol. The molecule has 0 radical (unpaired) electrons. The van der Waals surface area contributed by atoms with Gasteiger partial charge >= 0.3 is 0 Å². The molecule has 2 aromatic carbocycles. The van der Waals surface area contributed by atoms with E-state index in [1.165, 1.54) is 11.1 Å². The molecule has 1 N–H and O–H groups in total. The van der Waals surface area contributed by atoms with Crippen molar-refractivity contribution in [3.8, 4) is 0 Å². The molecule has 0 aliphatic carbocycles. The monoisotopic (exact) mass is 301 g/mol. The van der Waals surface area contributed by atoms with Gasteiger partial charge in [0.15, 0.2) is 0 Å². The van der Waals surface area contributed by atoms with Crippen LogP contribution >= 0.6 is 11.6 Å². The molecule has 0 fully saturated rings. The van der Waals surface area contributed by atoms with Gasteiger partial charge in [-0.15, -0.1) is 0 Å². The van der Waals surface area contributed by atoms with Crippen molar-refractivity contribution < 1.29 is 0 Å². The van der Waals surface area contributed by atoms with E-state index in [9.17, 15) is 0 Å². The molecule has 0 saturated heterocycles. The molecule has 112 valence electrons. The Labute approximate surface area is 133 Å². The summed E-state index contributed by atoms with van der Waals surface area (Å²) in [6.45, 7) is 4.47. The topological polar surface area (TPSA) is 12.0 Å². The molecule has 2 unspecified atom stereocenters. The first-order chi connectivity index (χ1) is 10.2. The van der Waals surface area contributed by atoms with E-state index in [1.807, 2.05) is 12.1 Å². The SMILES string of the molecule is CCC(Cc1ccccc1)NC(CC)c1ccc(Cl)cc1. The van der Waals surface area contributed by atoms with Crippen LogP contribution in [0.25, 0.3) is 0 Å². The van der Waals surface area contributed by atoms with E-state index in [4.69, 9.17) is 11.6 Å². The maximum absolute atomic E-state index is 5.98. The van der Waals surface area contributed by atoms with Crippen LogP contribution in [-0.2, 0) is 6.42 Å². The van der Waals surface area contributed by atoms with E-state index in [1.54, 1.807) is 0 Å². The molecule has 0 bridgehead atoms. The summed E-state index contributed by atoms with van der Waals surface area (Å²) in [5.41, 5.74) is 2.70. The Morgan fingerprint density at radius 3 is 2.14 bits per heavy atom. The van der Waals surface area contributed by atoms with Crippen LogP contribution in [0, 0.1) is 0 Å². The fourth-order valence-electron chi connectivity index (χ4n) is 2.65. The number of halogens is 1. The van der Waals surface area contributed by atoms with Gasteiger partial charge in [0.25, 0.3) is 0 Å². The summed E-state index contributed by atoms with van der Waals surface area (Å²) in [4.78, 5) is 0. The van der Waals surface area contributed by atoms with Crippen molar-refractivity contribution in [2.75, 3.05) is 0 Å². The summed E-state index contributed by atoms with van der Waals surface area (Å²) >= 11 is 5.98. The average Bonchev–Trinajstić information content (AvgIpc) is 2.53. The highest BCUT2D eigenvalue weighted by molar-refractivity contribution is 6.30. The largest absolute Gasteiger partial charge is 0.307 e. The lowest BCUT2D eigenvalue weighted by Gasteiger charge is -2.25. The van der Waals surface area contributed by atoms with Crippen LogP contribution in [0.5, 0.6) is 0 Å². The first-order valence-electron chi connectivity index (χ1n) is 7.78. The minimum absolute atomic E-state index is 0.385. The van der Waals surface area contributed by atoms with E-state index >= 15 is 0 Å². The van der Waals surface area contributed by atoms with Gasteiger partial charge in [-0.1, -0.05) is 67.9 Å². The van der Waals surface area contributed by atoms with E-state index in [-0.39, 0.29) is 0 Å². The third-order valence-electron chi connectivity index (χ3n) is 3.94. The van der Waals surface area contributed by atoms with Gasteiger partial charge in [0, 0.05) is 17.1 Å². The van der Waals surface area contributed by atoms with Crippen LogP contribution in [0.15, 0.2) is 54.6 Å². The van der Waals surface area contributed by atoms with Crippen molar-refractivity contribution in [3.05, 3.63) is 70.7 Å². The first kappa shape index (κ1) is 16.1. The highest BCUT2D eigenvalue weighted by atomic mass is 35.5. The Hall–Kier alpha value is -1.31. The predicted octanol–water partition coefficient (Wildman–Crippen LogP) is 5.40. The van der Waals surface area contributed by atoms with Crippen molar-refractivity contribution in [2.45, 2.75) is 45.2 Å². The Balaban J connectivity index is 2.03. The number of rotatable bonds is 7. The molecule has 2 heteroatoms. The zero-order chi connectivity index (χ0) is 15.1. The van der Waals surface area contributed by atoms with Crippen molar-refractivity contribution in [1.29, 1.82) is 0 Å². The minimum atomic E-state index is 0.385. The molecule has 0 saturated carbocycles. The van der Waals surface area contributed by atoms with Crippen LogP contribution in [-0.4, -0.2) is 6.04 Å². The maximum Gasteiger partial charge on any atom is 0.0406 e. The minimum Gasteiger partial charge on any atom is -0.307 e. The zero-order valence-electron chi connectivity index (χ0n) is 12.9. The van der Waals surface area contributed by atoms with Crippen molar-refractivity contribution in [1.82, 2.24) is 5.32 Å². The molecule has 0 aromatic heterocycles. The Kier molecular flexibility index (Phi) is 6.28. The Morgan fingerprint density at radius 2 is 1.57 bits per heavy atom. The van der Waals surface area contributed by atoms with E-state index in [0.29, 0.717) is 12.1 Å². The van der Waals surface area contributed by atoms with Crippen LogP contribution in [0.2, 0.25) is 5.02 Å². The van der Waals surface area contributed by atoms with Crippen LogP contribution in [0.4, 0.5) is 0 Å². The summed E-state index contributed by atoms with van der Waals surface area (Å²) in [6, 6.07) is 19.8. The molecular formula is C19H24ClN. The summed E-state index contributed by atoms with van der Waals surface area (Å²) in [6.07, 6.45) is 3.27. The molecule has 1 nitrogen and oxygen atoms in total. The third kappa shape index (κ3) is 4.87. The van der Waals surface area contributed by atoms with Gasteiger partial charge in [0.2, 0.25) is 0 Å². The Bertz CT molecular complexity index is 521. The van der Waals surface area contributed by atoms with Gasteiger partial charge in [0.05, 0.1) is 0 Å². The van der Waals surface area contributed by atoms with Gasteiger partial charge in [-0.2, -0.15) is 0 Å². The molecule has 0 aliphatic heterocycles. The molecular weight excluding hydrogens is 278 g/mol. The van der Waals surface area contributed by atoms with Crippen molar-refractivity contribution >= 4 is 11.6 Å². The summed E-state index contributed by atoms with van der Waals surface area (Å²) in [5.74, 6) is 0. The van der Waals surface area contributed by atoms with Crippen LogP contribution in [0.1, 0.15) is 43.9 Å². The maximum atomic E-state index is 5.98. The quantitative estimate of drug-likeness (QED) is 0.722. The second-order valence-electron chi connectivity index (χ2n) is 5.47. The first-order valence-corrected chi connectivity index (χ1v) is 8.16. The Morgan fingerprint density at radius 1 is 0.905 bits per heavy atom. The number of benzene rings is 2. The number of hydrogen-bond acceptors (Lipinski definition) is 1. The second-order valence-corrected chi connectivity index (χ2v) is 5.91. The number of nitrogens with one attached hydrogen (secondary N) is 1. The van der Waals surface area contributed by atoms with E-state index in [0.717, 1.165) is 24.3 Å². The normalized spacial score (nSPS) is 13.9. The van der Waals surface area contributed by atoms with Gasteiger partial charge in [-0.25, -0.2) is 0 Å². The fourth-order valence-corrected chi connectivity index (χ4v) is 2.78. The molecule has 0 aliphatic rings. The van der Waals surface area contributed by atoms with E-state index in [2.05, 4.69) is 61.6 Å². The molecule has 2 rings (SSSR count). The lowest BCUT2D eigenvalue weighted by Crippen LogP contribution is -2.33. The zero-order valence-corrected chi connectivity index (χ0v) is 13.6. The van der Waals surface area contributed by atoms with Gasteiger partial charge in [-0.3, -0.25) is 0 Å². The molecule has 21 heavy (non-hydrogen) atoms. The molecule has 2 atom stereocenters. The molecule has 0 amide bonds. The summed E-state index contributed by atoms with van der Waals surface area (Å²) in [5, 5.41) is 4.59. The fraction of sp³-hybridized carbons (Fsp3) is 0.368. The van der Waals surface area contributed by atoms with E-state index < -0.39 is 0 Å². The lowest BCUT2D eigenvalue weighted by molar-refractivity contribution is 0.413. The second kappa shape index (κ2) is 8.21. The van der Waals surface area contributed by atoms with Crippen LogP contribution in [0.3, 0.4) is 0 Å². The standard InChI is InChI=1S/C19H24ClN/c1-3-18(14-15-8-6-5-7-9-15)21-19(4-2)16-10-12-17(20)13-11-16/h5-13,18-19,21H,3-4,14H2,1-2H3. The number of hydrogen-bond donors (Lipinski definition) is 1. The molecule has 0 spiro atoms. The highest BCUT2D eigenvalue weighted by Crippen LogP contribution is 2.21. The highest BCUT2D eigenvalue weighted by Gasteiger charge is 2.14. The van der Waals surface area contributed by atoms with Crippen LogP contribution < -0.4 is 5.32 Å². The summed E-state index contributed by atoms with van der Waals surface area (Å²) in [7, 11) is 0. The van der Waals surface area contributed by atoms with Gasteiger partial charge in [0.1, 0.15) is 0 Å². The average molecular weight is 302 g/mol. The molecule has 0 heterocycles. The molecule has 2 aromatic rings.